The van der Waals surface area contributed by atoms with Gasteiger partial charge in [0.25, 0.3) is 11.5 Å². The molecule has 5 aromatic rings. The summed E-state index contributed by atoms with van der Waals surface area (Å²) < 4.78 is 18.9. The third kappa shape index (κ3) is 7.41. The molecule has 1 saturated carbocycles. The normalized spacial score (nSPS) is 20.4. The van der Waals surface area contributed by atoms with Crippen molar-refractivity contribution in [2.45, 2.75) is 89.4 Å². The van der Waals surface area contributed by atoms with Gasteiger partial charge in [-0.15, -0.1) is 0 Å². The third-order valence-corrected chi connectivity index (χ3v) is 11.9. The van der Waals surface area contributed by atoms with E-state index in [-0.39, 0.29) is 23.0 Å². The Balaban J connectivity index is 1.00. The molecule has 0 radical (unpaired) electrons. The lowest BCUT2D eigenvalue weighted by Crippen LogP contribution is -2.46. The van der Waals surface area contributed by atoms with Crippen molar-refractivity contribution >= 4 is 16.9 Å². The monoisotopic (exact) mass is 732 g/mol. The number of carbonyl (C=O) groups excluding carboxylic acids is 1. The van der Waals surface area contributed by atoms with E-state index in [2.05, 4.69) is 49.5 Å². The highest BCUT2D eigenvalue weighted by Gasteiger charge is 2.29. The van der Waals surface area contributed by atoms with E-state index in [1.54, 1.807) is 17.8 Å². The number of amides is 1. The molecule has 282 valence electrons. The number of likely N-dealkylation sites (tertiary alicyclic amines) is 2. The molecule has 3 fully saturated rings. The largest absolute Gasteiger partial charge is 0.348 e. The van der Waals surface area contributed by atoms with E-state index >= 15 is 0 Å². The second-order valence-corrected chi connectivity index (χ2v) is 15.4. The number of rotatable bonds is 8. The number of nitrogens with zero attached hydrogens (tertiary/aromatic N) is 7. The van der Waals surface area contributed by atoms with Gasteiger partial charge in [0.15, 0.2) is 5.65 Å². The van der Waals surface area contributed by atoms with Gasteiger partial charge < -0.3 is 10.2 Å². The maximum Gasteiger partial charge on any atom is 0.337 e. The quantitative estimate of drug-likeness (QED) is 0.216. The van der Waals surface area contributed by atoms with Gasteiger partial charge in [0.05, 0.1) is 17.3 Å². The molecule has 5 heterocycles. The van der Waals surface area contributed by atoms with Crippen molar-refractivity contribution in [1.82, 2.24) is 39.0 Å². The van der Waals surface area contributed by atoms with E-state index in [1.807, 2.05) is 31.2 Å². The van der Waals surface area contributed by atoms with E-state index in [0.29, 0.717) is 37.1 Å². The van der Waals surface area contributed by atoms with Crippen molar-refractivity contribution in [2.75, 3.05) is 26.2 Å². The maximum atomic E-state index is 14.6. The van der Waals surface area contributed by atoms with Crippen molar-refractivity contribution in [3.63, 3.8) is 0 Å². The number of nitrogens with one attached hydrogen (secondary N) is 1. The lowest BCUT2D eigenvalue weighted by Gasteiger charge is -2.40. The lowest BCUT2D eigenvalue weighted by atomic mass is 9.90. The van der Waals surface area contributed by atoms with Crippen molar-refractivity contribution in [1.29, 1.82) is 0 Å². The minimum Gasteiger partial charge on any atom is -0.348 e. The van der Waals surface area contributed by atoms with E-state index in [1.165, 1.54) is 59.9 Å². The smallest absolute Gasteiger partial charge is 0.337 e. The molecule has 0 unspecified atom stereocenters. The van der Waals surface area contributed by atoms with Gasteiger partial charge in [-0.3, -0.25) is 23.7 Å². The Morgan fingerprint density at radius 3 is 2.30 bits per heavy atom. The van der Waals surface area contributed by atoms with Crippen LogP contribution in [-0.4, -0.2) is 77.9 Å². The van der Waals surface area contributed by atoms with E-state index in [9.17, 15) is 18.8 Å². The maximum absolute atomic E-state index is 14.6. The molecule has 0 atom stereocenters. The number of hydrogen-bond acceptors (Lipinski definition) is 7. The zero-order chi connectivity index (χ0) is 37.3. The summed E-state index contributed by atoms with van der Waals surface area (Å²) >= 11 is 0. The summed E-state index contributed by atoms with van der Waals surface area (Å²) in [5.74, 6) is -0.889. The van der Waals surface area contributed by atoms with Crippen molar-refractivity contribution in [2.24, 2.45) is 7.05 Å². The molecule has 0 spiro atoms. The van der Waals surface area contributed by atoms with Gasteiger partial charge in [-0.2, -0.15) is 5.10 Å². The summed E-state index contributed by atoms with van der Waals surface area (Å²) in [6.45, 7) is 7.58. The molecule has 1 aliphatic carbocycles. The summed E-state index contributed by atoms with van der Waals surface area (Å²) in [7, 11) is 1.79. The zero-order valence-corrected chi connectivity index (χ0v) is 31.2. The highest BCUT2D eigenvalue weighted by atomic mass is 19.1. The Morgan fingerprint density at radius 1 is 0.852 bits per heavy atom. The number of pyridine rings is 1. The molecule has 1 N–H and O–H groups in total. The molecule has 12 heteroatoms. The first-order chi connectivity index (χ1) is 26.2. The third-order valence-electron chi connectivity index (χ3n) is 11.9. The Morgan fingerprint density at radius 2 is 1.59 bits per heavy atom. The molecule has 1 amide bonds. The molecule has 0 bridgehead atoms. The molecule has 3 aromatic heterocycles. The first-order valence-electron chi connectivity index (χ1n) is 19.5. The van der Waals surface area contributed by atoms with Crippen molar-refractivity contribution in [3.8, 4) is 16.8 Å². The second-order valence-electron chi connectivity index (χ2n) is 15.4. The SMILES string of the molecule is Cc1cc(C(=O)N[C@H]2CC[C@@H](n3c(=O)c4cc(F)cnc4n(-c4cccc(-c5ccc(CN6CCC(N7CCCCC7)CC6)cc5)c4)c3=O)CC2)nn1C. The minimum absolute atomic E-state index is 0.0465. The number of aryl methyl sites for hydroxylation is 2. The summed E-state index contributed by atoms with van der Waals surface area (Å²) in [4.78, 5) is 50.6. The zero-order valence-electron chi connectivity index (χ0n) is 31.2. The Bertz CT molecular complexity index is 2240. The molecule has 54 heavy (non-hydrogen) atoms. The first-order valence-corrected chi connectivity index (χ1v) is 19.5. The number of piperidine rings is 2. The predicted octanol–water partition coefficient (Wildman–Crippen LogP) is 5.76. The van der Waals surface area contributed by atoms with Gasteiger partial charge in [-0.1, -0.05) is 42.8 Å². The van der Waals surface area contributed by atoms with Gasteiger partial charge in [0, 0.05) is 37.4 Å². The summed E-state index contributed by atoms with van der Waals surface area (Å²) in [5.41, 5.74) is 4.03. The van der Waals surface area contributed by atoms with E-state index in [0.717, 1.165) is 54.8 Å². The minimum atomic E-state index is -0.646. The van der Waals surface area contributed by atoms with Gasteiger partial charge in [0.1, 0.15) is 11.5 Å². The fraction of sp³-hybridized carbons (Fsp3) is 0.452. The average molecular weight is 733 g/mol. The molecule has 8 rings (SSSR count). The van der Waals surface area contributed by atoms with Crippen LogP contribution in [0.1, 0.15) is 85.6 Å². The van der Waals surface area contributed by atoms with Crippen LogP contribution in [0.4, 0.5) is 4.39 Å². The Kier molecular flexibility index (Phi) is 10.3. The summed E-state index contributed by atoms with van der Waals surface area (Å²) in [6.07, 6.45) is 9.71. The van der Waals surface area contributed by atoms with Crippen LogP contribution >= 0.6 is 0 Å². The van der Waals surface area contributed by atoms with Gasteiger partial charge in [-0.05, 0) is 125 Å². The lowest BCUT2D eigenvalue weighted by molar-refractivity contribution is 0.0896. The number of hydrogen-bond donors (Lipinski definition) is 1. The summed E-state index contributed by atoms with van der Waals surface area (Å²) in [6, 6.07) is 19.3. The highest BCUT2D eigenvalue weighted by Crippen LogP contribution is 2.29. The number of aromatic nitrogens is 5. The Hall–Kier alpha value is -4.94. The van der Waals surface area contributed by atoms with Crippen LogP contribution in [-0.2, 0) is 13.6 Å². The molecule has 2 aromatic carbocycles. The molecular weight excluding hydrogens is 684 g/mol. The van der Waals surface area contributed by atoms with Crippen LogP contribution < -0.4 is 16.6 Å². The predicted molar refractivity (Wildman–Crippen MR) is 207 cm³/mol. The second kappa shape index (κ2) is 15.4. The fourth-order valence-electron chi connectivity index (χ4n) is 8.76. The first kappa shape index (κ1) is 36.1. The van der Waals surface area contributed by atoms with Crippen LogP contribution in [0, 0.1) is 12.7 Å². The Labute approximate surface area is 314 Å². The van der Waals surface area contributed by atoms with Gasteiger partial charge >= 0.3 is 5.69 Å². The molecule has 11 nitrogen and oxygen atoms in total. The van der Waals surface area contributed by atoms with Crippen molar-refractivity contribution < 1.29 is 9.18 Å². The van der Waals surface area contributed by atoms with Crippen molar-refractivity contribution in [3.05, 3.63) is 110 Å². The molecule has 3 aliphatic rings. The summed E-state index contributed by atoms with van der Waals surface area (Å²) in [5, 5.41) is 7.38. The number of halogens is 1. The van der Waals surface area contributed by atoms with E-state index < -0.39 is 23.1 Å². The number of carbonyl (C=O) groups is 1. The molecular formula is C42H49FN8O3. The highest BCUT2D eigenvalue weighted by molar-refractivity contribution is 5.92. The molecule has 2 aliphatic heterocycles. The number of benzene rings is 2. The topological polar surface area (TPSA) is 110 Å². The van der Waals surface area contributed by atoms with Gasteiger partial charge in [-0.25, -0.2) is 18.7 Å². The van der Waals surface area contributed by atoms with Crippen LogP contribution in [0.15, 0.2) is 76.4 Å². The number of fused-ring (bicyclic) bond motifs is 1. The van der Waals surface area contributed by atoms with Crippen LogP contribution in [0.5, 0.6) is 0 Å². The molecule has 2 saturated heterocycles. The standard InChI is InChI=1S/C42H49FN8O3/c1-28-23-38(46-47(28)2)40(52)45-33-13-15-35(16-14-33)51-41(53)37-25-32(43)26-44-39(37)50(42(51)54)36-8-6-7-31(24-36)30-11-9-29(10-12-30)27-48-21-17-34(18-22-48)49-19-4-3-5-20-49/h6-12,23-26,33-35H,3-5,13-22,27H2,1-2H3,(H,45,52)/t33-,35+. The van der Waals surface area contributed by atoms with Crippen LogP contribution in [0.2, 0.25) is 0 Å². The average Bonchev–Trinajstić information content (AvgIpc) is 3.54. The fourth-order valence-corrected chi connectivity index (χ4v) is 8.76. The van der Waals surface area contributed by atoms with Crippen LogP contribution in [0.3, 0.4) is 0 Å². The van der Waals surface area contributed by atoms with Crippen LogP contribution in [0.25, 0.3) is 27.8 Å². The van der Waals surface area contributed by atoms with Gasteiger partial charge in [0.2, 0.25) is 0 Å². The van der Waals surface area contributed by atoms with E-state index in [4.69, 9.17) is 0 Å².